The van der Waals surface area contributed by atoms with Gasteiger partial charge in [0.1, 0.15) is 5.75 Å². The summed E-state index contributed by atoms with van der Waals surface area (Å²) in [4.78, 5) is 0. The van der Waals surface area contributed by atoms with E-state index in [1.54, 1.807) is 6.07 Å². The Morgan fingerprint density at radius 2 is 1.79 bits per heavy atom. The van der Waals surface area contributed by atoms with E-state index in [0.29, 0.717) is 5.75 Å². The molecule has 0 aromatic heterocycles. The van der Waals surface area contributed by atoms with Crippen molar-refractivity contribution < 1.29 is 5.11 Å². The molecule has 2 aromatic carbocycles. The van der Waals surface area contributed by atoms with Crippen molar-refractivity contribution in [2.45, 2.75) is 12.3 Å². The SMILES string of the molecule is Br.Oc1cccc2c1C(c1ccccc1)CNCC2. The van der Waals surface area contributed by atoms with Crippen LogP contribution < -0.4 is 5.32 Å². The average Bonchev–Trinajstić information content (AvgIpc) is 2.63. The standard InChI is InChI=1S/C16H17NO.BrH/c18-15-8-4-7-13-9-10-17-11-14(16(13)15)12-5-2-1-3-6-12;/h1-8,14,17-18H,9-11H2;1H. The summed E-state index contributed by atoms with van der Waals surface area (Å²) in [6.45, 7) is 1.86. The van der Waals surface area contributed by atoms with Gasteiger partial charge < -0.3 is 10.4 Å². The van der Waals surface area contributed by atoms with Gasteiger partial charge in [-0.25, -0.2) is 0 Å². The van der Waals surface area contributed by atoms with Crippen LogP contribution >= 0.6 is 17.0 Å². The third kappa shape index (κ3) is 2.82. The first-order valence-corrected chi connectivity index (χ1v) is 6.42. The summed E-state index contributed by atoms with van der Waals surface area (Å²) in [5.74, 6) is 0.662. The van der Waals surface area contributed by atoms with Gasteiger partial charge in [-0.3, -0.25) is 0 Å². The highest BCUT2D eigenvalue weighted by Gasteiger charge is 2.22. The first-order valence-electron chi connectivity index (χ1n) is 6.42. The summed E-state index contributed by atoms with van der Waals surface area (Å²) in [5, 5.41) is 13.6. The highest BCUT2D eigenvalue weighted by Crippen LogP contribution is 2.35. The molecule has 0 amide bonds. The van der Waals surface area contributed by atoms with Crippen molar-refractivity contribution in [3.63, 3.8) is 0 Å². The van der Waals surface area contributed by atoms with Gasteiger partial charge in [-0.2, -0.15) is 0 Å². The summed E-state index contributed by atoms with van der Waals surface area (Å²) in [7, 11) is 0. The Morgan fingerprint density at radius 3 is 2.58 bits per heavy atom. The van der Waals surface area contributed by atoms with Crippen LogP contribution in [0.25, 0.3) is 0 Å². The molecule has 100 valence electrons. The van der Waals surface area contributed by atoms with Crippen molar-refractivity contribution in [1.29, 1.82) is 0 Å². The molecule has 1 unspecified atom stereocenters. The van der Waals surface area contributed by atoms with Gasteiger partial charge in [0.25, 0.3) is 0 Å². The minimum absolute atomic E-state index is 0. The van der Waals surface area contributed by atoms with Gasteiger partial charge in [-0.15, -0.1) is 17.0 Å². The normalized spacial score (nSPS) is 18.0. The number of halogens is 1. The van der Waals surface area contributed by atoms with Crippen LogP contribution in [-0.2, 0) is 6.42 Å². The van der Waals surface area contributed by atoms with Crippen molar-refractivity contribution in [1.82, 2.24) is 5.32 Å². The molecule has 3 rings (SSSR count). The Bertz CT molecular complexity index is 542. The van der Waals surface area contributed by atoms with Gasteiger partial charge in [0.2, 0.25) is 0 Å². The van der Waals surface area contributed by atoms with Crippen molar-refractivity contribution >= 4 is 17.0 Å². The van der Waals surface area contributed by atoms with Crippen LogP contribution in [0.15, 0.2) is 48.5 Å². The number of hydrogen-bond donors (Lipinski definition) is 2. The molecule has 0 saturated heterocycles. The van der Waals surface area contributed by atoms with Crippen molar-refractivity contribution in [2.75, 3.05) is 13.1 Å². The quantitative estimate of drug-likeness (QED) is 0.845. The summed E-state index contributed by atoms with van der Waals surface area (Å²) in [5.41, 5.74) is 3.61. The lowest BCUT2D eigenvalue weighted by atomic mass is 9.87. The van der Waals surface area contributed by atoms with Gasteiger partial charge in [0.05, 0.1) is 0 Å². The van der Waals surface area contributed by atoms with E-state index in [1.165, 1.54) is 11.1 Å². The van der Waals surface area contributed by atoms with E-state index in [9.17, 15) is 5.11 Å². The molecule has 2 nitrogen and oxygen atoms in total. The zero-order valence-electron chi connectivity index (χ0n) is 10.7. The van der Waals surface area contributed by atoms with Crippen LogP contribution in [0.4, 0.5) is 0 Å². The number of rotatable bonds is 1. The lowest BCUT2D eigenvalue weighted by molar-refractivity contribution is 0.463. The second-order valence-corrected chi connectivity index (χ2v) is 4.77. The van der Waals surface area contributed by atoms with Crippen LogP contribution in [0.1, 0.15) is 22.6 Å². The molecular formula is C16H18BrNO. The van der Waals surface area contributed by atoms with Crippen molar-refractivity contribution in [3.8, 4) is 5.75 Å². The fourth-order valence-corrected chi connectivity index (χ4v) is 2.76. The summed E-state index contributed by atoms with van der Waals surface area (Å²) >= 11 is 0. The molecule has 2 N–H and O–H groups in total. The summed E-state index contributed by atoms with van der Waals surface area (Å²) in [6, 6.07) is 16.3. The van der Waals surface area contributed by atoms with E-state index in [1.807, 2.05) is 12.1 Å². The number of fused-ring (bicyclic) bond motifs is 1. The minimum Gasteiger partial charge on any atom is -0.508 e. The number of benzene rings is 2. The minimum atomic E-state index is 0. The number of phenols is 1. The second kappa shape index (κ2) is 6.22. The molecule has 0 bridgehead atoms. The maximum Gasteiger partial charge on any atom is 0.119 e. The third-order valence-corrected chi connectivity index (χ3v) is 3.64. The summed E-state index contributed by atoms with van der Waals surface area (Å²) in [6.07, 6.45) is 0.979. The van der Waals surface area contributed by atoms with Gasteiger partial charge in [0, 0.05) is 18.0 Å². The predicted octanol–water partition coefficient (Wildman–Crippen LogP) is 3.25. The second-order valence-electron chi connectivity index (χ2n) is 4.77. The Kier molecular flexibility index (Phi) is 4.61. The highest BCUT2D eigenvalue weighted by molar-refractivity contribution is 8.93. The number of aromatic hydroxyl groups is 1. The van der Waals surface area contributed by atoms with Gasteiger partial charge in [-0.1, -0.05) is 42.5 Å². The van der Waals surface area contributed by atoms with Gasteiger partial charge in [0.15, 0.2) is 0 Å². The summed E-state index contributed by atoms with van der Waals surface area (Å²) < 4.78 is 0. The van der Waals surface area contributed by atoms with Crippen LogP contribution in [-0.4, -0.2) is 18.2 Å². The molecule has 19 heavy (non-hydrogen) atoms. The Hall–Kier alpha value is -1.32. The monoisotopic (exact) mass is 319 g/mol. The molecular weight excluding hydrogens is 302 g/mol. The fraction of sp³-hybridized carbons (Fsp3) is 0.250. The van der Waals surface area contributed by atoms with E-state index in [2.05, 4.69) is 35.6 Å². The Balaban J connectivity index is 0.00000133. The number of hydrogen-bond acceptors (Lipinski definition) is 2. The van der Waals surface area contributed by atoms with Crippen LogP contribution in [0.5, 0.6) is 5.75 Å². The zero-order valence-corrected chi connectivity index (χ0v) is 12.4. The maximum absolute atomic E-state index is 10.2. The van der Waals surface area contributed by atoms with E-state index < -0.39 is 0 Å². The Morgan fingerprint density at radius 1 is 1.00 bits per heavy atom. The lowest BCUT2D eigenvalue weighted by Crippen LogP contribution is -2.20. The molecule has 1 aliphatic rings. The largest absolute Gasteiger partial charge is 0.508 e. The molecule has 0 saturated carbocycles. The lowest BCUT2D eigenvalue weighted by Gasteiger charge is -2.19. The van der Waals surface area contributed by atoms with Crippen LogP contribution in [0.2, 0.25) is 0 Å². The average molecular weight is 320 g/mol. The van der Waals surface area contributed by atoms with E-state index in [4.69, 9.17) is 0 Å². The molecule has 0 aliphatic carbocycles. The molecule has 1 atom stereocenters. The molecule has 3 heteroatoms. The molecule has 0 fully saturated rings. The maximum atomic E-state index is 10.2. The topological polar surface area (TPSA) is 32.3 Å². The van der Waals surface area contributed by atoms with Gasteiger partial charge >= 0.3 is 0 Å². The van der Waals surface area contributed by atoms with E-state index in [0.717, 1.165) is 25.1 Å². The van der Waals surface area contributed by atoms with Gasteiger partial charge in [-0.05, 0) is 30.2 Å². The Labute approximate surface area is 124 Å². The third-order valence-electron chi connectivity index (χ3n) is 3.64. The highest BCUT2D eigenvalue weighted by atomic mass is 79.9. The van der Waals surface area contributed by atoms with Crippen LogP contribution in [0, 0.1) is 0 Å². The zero-order chi connectivity index (χ0) is 12.4. The molecule has 0 radical (unpaired) electrons. The molecule has 0 spiro atoms. The smallest absolute Gasteiger partial charge is 0.119 e. The van der Waals surface area contributed by atoms with Crippen LogP contribution in [0.3, 0.4) is 0 Å². The van der Waals surface area contributed by atoms with E-state index >= 15 is 0 Å². The van der Waals surface area contributed by atoms with E-state index in [-0.39, 0.29) is 22.9 Å². The predicted molar refractivity (Wildman–Crippen MR) is 83.3 cm³/mol. The van der Waals surface area contributed by atoms with Crippen molar-refractivity contribution in [2.24, 2.45) is 0 Å². The molecule has 1 heterocycles. The molecule has 2 aromatic rings. The number of phenolic OH excluding ortho intramolecular Hbond substituents is 1. The molecule has 1 aliphatic heterocycles. The number of nitrogens with one attached hydrogen (secondary N) is 1. The van der Waals surface area contributed by atoms with Crippen molar-refractivity contribution in [3.05, 3.63) is 65.2 Å². The first kappa shape index (κ1) is 14.1. The fourth-order valence-electron chi connectivity index (χ4n) is 2.76. The first-order chi connectivity index (χ1) is 8.86.